The molecule has 0 fully saturated rings. The van der Waals surface area contributed by atoms with Gasteiger partial charge in [0, 0.05) is 17.0 Å². The molecule has 1 aromatic rings. The van der Waals surface area contributed by atoms with E-state index >= 15 is 0 Å². The first-order valence-electron chi connectivity index (χ1n) is 4.20. The van der Waals surface area contributed by atoms with Gasteiger partial charge >= 0.3 is 0 Å². The fourth-order valence-corrected chi connectivity index (χ4v) is 1.96. The van der Waals surface area contributed by atoms with Gasteiger partial charge in [0.25, 0.3) is 3.12 Å². The van der Waals surface area contributed by atoms with Crippen molar-refractivity contribution in [2.45, 2.75) is 3.12 Å². The molecule has 0 unspecified atom stereocenters. The van der Waals surface area contributed by atoms with E-state index in [1.165, 1.54) is 6.21 Å². The minimum Gasteiger partial charge on any atom is -0.276 e. The number of halogens is 4. The molecule has 0 N–H and O–H groups in total. The zero-order valence-electron chi connectivity index (χ0n) is 8.19. The number of hydrogen-bond acceptors (Lipinski definition) is 3. The molecule has 3 nitrogen and oxygen atoms in total. The fraction of sp³-hybridized carbons (Fsp3) is 0.111. The van der Waals surface area contributed by atoms with Crippen LogP contribution in [0.4, 0.5) is 0 Å². The number of carbonyl (C=O) groups excluding carboxylic acids is 1. The summed E-state index contributed by atoms with van der Waals surface area (Å²) in [5.41, 5.74) is 0.770. The SMILES string of the molecule is O=CN(N=Cc1ccc(Cl)cc1)SC(Cl)(Cl)Cl. The van der Waals surface area contributed by atoms with E-state index in [1.54, 1.807) is 24.3 Å². The monoisotopic (exact) mass is 330 g/mol. The number of alkyl halides is 3. The van der Waals surface area contributed by atoms with Crippen molar-refractivity contribution in [3.63, 3.8) is 0 Å². The van der Waals surface area contributed by atoms with E-state index in [1.807, 2.05) is 0 Å². The van der Waals surface area contributed by atoms with Crippen LogP contribution in [0.2, 0.25) is 5.02 Å². The summed E-state index contributed by atoms with van der Waals surface area (Å²) in [4.78, 5) is 10.7. The molecule has 1 rings (SSSR count). The van der Waals surface area contributed by atoms with Gasteiger partial charge in [-0.05, 0) is 17.7 Å². The van der Waals surface area contributed by atoms with Crippen molar-refractivity contribution in [2.24, 2.45) is 5.10 Å². The number of nitrogens with zero attached hydrogens (tertiary/aromatic N) is 2. The lowest BCUT2D eigenvalue weighted by atomic mass is 10.2. The number of amides is 1. The molecular formula is C9H6Cl4N2OS. The molecule has 0 aliphatic heterocycles. The first-order chi connectivity index (χ1) is 7.90. The van der Waals surface area contributed by atoms with Crippen molar-refractivity contribution < 1.29 is 4.79 Å². The zero-order valence-corrected chi connectivity index (χ0v) is 12.0. The van der Waals surface area contributed by atoms with Crippen LogP contribution in [0, 0.1) is 0 Å². The average Bonchev–Trinajstić information content (AvgIpc) is 2.25. The van der Waals surface area contributed by atoms with Crippen molar-refractivity contribution in [1.29, 1.82) is 0 Å². The van der Waals surface area contributed by atoms with Crippen LogP contribution in [-0.2, 0) is 4.79 Å². The third-order valence-electron chi connectivity index (χ3n) is 1.48. The Morgan fingerprint density at radius 2 is 1.82 bits per heavy atom. The molecule has 1 aromatic carbocycles. The summed E-state index contributed by atoms with van der Waals surface area (Å²) < 4.78 is -0.722. The van der Waals surface area contributed by atoms with Gasteiger partial charge < -0.3 is 0 Å². The van der Waals surface area contributed by atoms with E-state index in [0.29, 0.717) is 23.4 Å². The van der Waals surface area contributed by atoms with Crippen molar-refractivity contribution in [3.05, 3.63) is 34.9 Å². The highest BCUT2D eigenvalue weighted by Crippen LogP contribution is 2.40. The predicted octanol–water partition coefficient (Wildman–Crippen LogP) is 4.11. The number of hydrazone groups is 1. The van der Waals surface area contributed by atoms with Gasteiger partial charge in [0.15, 0.2) is 0 Å². The van der Waals surface area contributed by atoms with E-state index in [-0.39, 0.29) is 0 Å². The van der Waals surface area contributed by atoms with Crippen LogP contribution in [0.5, 0.6) is 0 Å². The van der Waals surface area contributed by atoms with Crippen molar-refractivity contribution >= 4 is 71.0 Å². The minimum absolute atomic E-state index is 0.443. The Labute approximate surface area is 123 Å². The van der Waals surface area contributed by atoms with E-state index in [4.69, 9.17) is 46.4 Å². The second-order valence-electron chi connectivity index (χ2n) is 2.74. The first-order valence-corrected chi connectivity index (χ1v) is 6.49. The van der Waals surface area contributed by atoms with E-state index in [0.717, 1.165) is 9.98 Å². The summed E-state index contributed by atoms with van der Waals surface area (Å²) in [7, 11) is 0. The number of rotatable bonds is 4. The Morgan fingerprint density at radius 1 is 1.24 bits per heavy atom. The molecular weight excluding hydrogens is 326 g/mol. The average molecular weight is 332 g/mol. The van der Waals surface area contributed by atoms with Gasteiger partial charge in [-0.25, -0.2) is 0 Å². The van der Waals surface area contributed by atoms with Gasteiger partial charge in [0.1, 0.15) is 0 Å². The lowest BCUT2D eigenvalue weighted by Gasteiger charge is -2.14. The molecule has 17 heavy (non-hydrogen) atoms. The summed E-state index contributed by atoms with van der Waals surface area (Å²) in [5, 5.41) is 4.45. The molecule has 0 heterocycles. The van der Waals surface area contributed by atoms with Crippen LogP contribution in [0.25, 0.3) is 0 Å². The van der Waals surface area contributed by atoms with Gasteiger partial charge in [-0.1, -0.05) is 58.5 Å². The molecule has 0 atom stereocenters. The Balaban J connectivity index is 2.68. The first kappa shape index (κ1) is 14.9. The van der Waals surface area contributed by atoms with Gasteiger partial charge in [0.2, 0.25) is 6.41 Å². The largest absolute Gasteiger partial charge is 0.276 e. The maximum atomic E-state index is 10.7. The molecule has 92 valence electrons. The Hall–Kier alpha value is -0.130. The summed E-state index contributed by atoms with van der Waals surface area (Å²) in [5.74, 6) is 0. The standard InChI is InChI=1S/C9H6Cl4N2OS/c10-8-3-1-7(2-4-8)5-14-15(6-16)17-9(11,12)13/h1-6H. The number of carbonyl (C=O) groups is 1. The minimum atomic E-state index is -1.64. The van der Waals surface area contributed by atoms with Crippen molar-refractivity contribution in [1.82, 2.24) is 4.41 Å². The molecule has 0 aliphatic rings. The Kier molecular flexibility index (Phi) is 5.89. The van der Waals surface area contributed by atoms with Crippen LogP contribution < -0.4 is 0 Å². The molecule has 0 saturated carbocycles. The summed E-state index contributed by atoms with van der Waals surface area (Å²) in [6.45, 7) is 0. The van der Waals surface area contributed by atoms with E-state index in [9.17, 15) is 4.79 Å². The van der Waals surface area contributed by atoms with Crippen molar-refractivity contribution in [3.8, 4) is 0 Å². The highest BCUT2D eigenvalue weighted by atomic mass is 35.6. The van der Waals surface area contributed by atoms with Crippen LogP contribution in [0.15, 0.2) is 29.4 Å². The molecule has 8 heteroatoms. The van der Waals surface area contributed by atoms with Crippen LogP contribution >= 0.6 is 58.4 Å². The third-order valence-corrected chi connectivity index (χ3v) is 2.93. The topological polar surface area (TPSA) is 32.7 Å². The molecule has 0 aliphatic carbocycles. The maximum Gasteiger partial charge on any atom is 0.258 e. The lowest BCUT2D eigenvalue weighted by molar-refractivity contribution is -0.113. The quantitative estimate of drug-likeness (QED) is 0.273. The van der Waals surface area contributed by atoms with Crippen LogP contribution in [0.3, 0.4) is 0 Å². The second kappa shape index (κ2) is 6.71. The number of hydrogen-bond donors (Lipinski definition) is 0. The molecule has 0 aromatic heterocycles. The molecule has 1 amide bonds. The predicted molar refractivity (Wildman–Crippen MR) is 74.8 cm³/mol. The molecule has 0 spiro atoms. The van der Waals surface area contributed by atoms with Crippen LogP contribution in [0.1, 0.15) is 5.56 Å². The van der Waals surface area contributed by atoms with Gasteiger partial charge in [0.05, 0.1) is 6.21 Å². The Bertz CT molecular complexity index is 404. The third kappa shape index (κ3) is 6.38. The summed E-state index contributed by atoms with van der Waals surface area (Å²) in [6.07, 6.45) is 1.90. The summed E-state index contributed by atoms with van der Waals surface area (Å²) in [6, 6.07) is 6.90. The highest BCUT2D eigenvalue weighted by molar-refractivity contribution is 8.02. The zero-order chi connectivity index (χ0) is 12.9. The second-order valence-corrected chi connectivity index (χ2v) is 7.30. The maximum absolute atomic E-state index is 10.7. The number of benzene rings is 1. The van der Waals surface area contributed by atoms with E-state index in [2.05, 4.69) is 5.10 Å². The van der Waals surface area contributed by atoms with Crippen molar-refractivity contribution in [2.75, 3.05) is 0 Å². The molecule has 0 saturated heterocycles. The normalized spacial score (nSPS) is 11.8. The lowest BCUT2D eigenvalue weighted by Crippen LogP contribution is -2.12. The van der Waals surface area contributed by atoms with Gasteiger partial charge in [-0.3, -0.25) is 4.79 Å². The molecule has 0 radical (unpaired) electrons. The van der Waals surface area contributed by atoms with Gasteiger partial charge in [-0.2, -0.15) is 9.52 Å². The van der Waals surface area contributed by atoms with Gasteiger partial charge in [-0.15, -0.1) is 0 Å². The summed E-state index contributed by atoms with van der Waals surface area (Å²) >= 11 is 22.9. The van der Waals surface area contributed by atoms with E-state index < -0.39 is 3.12 Å². The Morgan fingerprint density at radius 3 is 2.29 bits per heavy atom. The van der Waals surface area contributed by atoms with Crippen LogP contribution in [-0.4, -0.2) is 20.2 Å². The highest BCUT2D eigenvalue weighted by Gasteiger charge is 2.24. The fourth-order valence-electron chi connectivity index (χ4n) is 0.851. The molecule has 0 bridgehead atoms. The smallest absolute Gasteiger partial charge is 0.258 e.